The van der Waals surface area contributed by atoms with Crippen LogP contribution in [-0.2, 0) is 5.60 Å². The van der Waals surface area contributed by atoms with Crippen molar-refractivity contribution in [2.24, 2.45) is 0 Å². The highest BCUT2D eigenvalue weighted by atomic mass is 79.9. The monoisotopic (exact) mass is 250 g/mol. The summed E-state index contributed by atoms with van der Waals surface area (Å²) >= 11 is 2.85. The third kappa shape index (κ3) is 2.25. The van der Waals surface area contributed by atoms with E-state index in [-0.39, 0.29) is 10.0 Å². The molecule has 0 saturated heterocycles. The number of hydrogen-bond donors (Lipinski definition) is 1. The molecular weight excluding hydrogens is 242 g/mol. The third-order valence-corrected chi connectivity index (χ3v) is 2.28. The molecule has 1 aromatic carbocycles. The number of halogens is 3. The SMILES string of the molecule is CC(C)(O)c1cc(F)c(Br)cc1F. The zero-order valence-electron chi connectivity index (χ0n) is 7.24. The van der Waals surface area contributed by atoms with Crippen molar-refractivity contribution in [1.82, 2.24) is 0 Å². The number of hydrogen-bond acceptors (Lipinski definition) is 1. The van der Waals surface area contributed by atoms with Crippen LogP contribution in [0.4, 0.5) is 8.78 Å². The molecule has 0 saturated carbocycles. The molecule has 0 bridgehead atoms. The van der Waals surface area contributed by atoms with Crippen molar-refractivity contribution in [3.8, 4) is 0 Å². The second kappa shape index (κ2) is 3.35. The van der Waals surface area contributed by atoms with Crippen LogP contribution in [0.15, 0.2) is 16.6 Å². The average molecular weight is 251 g/mol. The number of rotatable bonds is 1. The quantitative estimate of drug-likeness (QED) is 0.761. The van der Waals surface area contributed by atoms with E-state index < -0.39 is 17.2 Å². The van der Waals surface area contributed by atoms with Gasteiger partial charge >= 0.3 is 0 Å². The summed E-state index contributed by atoms with van der Waals surface area (Å²) in [7, 11) is 0. The van der Waals surface area contributed by atoms with E-state index in [1.807, 2.05) is 0 Å². The number of aliphatic hydroxyl groups is 1. The van der Waals surface area contributed by atoms with Crippen molar-refractivity contribution in [3.63, 3.8) is 0 Å². The van der Waals surface area contributed by atoms with Crippen LogP contribution in [0.2, 0.25) is 0 Å². The molecule has 0 fully saturated rings. The Morgan fingerprint density at radius 3 is 2.23 bits per heavy atom. The molecule has 72 valence electrons. The van der Waals surface area contributed by atoms with Crippen LogP contribution in [-0.4, -0.2) is 5.11 Å². The standard InChI is InChI=1S/C9H9BrF2O/c1-9(2,13)5-3-8(12)6(10)4-7(5)11/h3-4,13H,1-2H3. The molecule has 0 radical (unpaired) electrons. The van der Waals surface area contributed by atoms with E-state index in [0.29, 0.717) is 0 Å². The van der Waals surface area contributed by atoms with Crippen molar-refractivity contribution in [2.45, 2.75) is 19.4 Å². The fraction of sp³-hybridized carbons (Fsp3) is 0.333. The van der Waals surface area contributed by atoms with E-state index >= 15 is 0 Å². The van der Waals surface area contributed by atoms with Crippen LogP contribution in [0.1, 0.15) is 19.4 Å². The molecule has 13 heavy (non-hydrogen) atoms. The fourth-order valence-corrected chi connectivity index (χ4v) is 1.31. The molecule has 1 rings (SSSR count). The molecule has 0 aromatic heterocycles. The molecule has 4 heteroatoms. The minimum atomic E-state index is -1.37. The first-order valence-corrected chi connectivity index (χ1v) is 4.49. The predicted molar refractivity (Wildman–Crippen MR) is 49.3 cm³/mol. The summed E-state index contributed by atoms with van der Waals surface area (Å²) in [4.78, 5) is 0. The van der Waals surface area contributed by atoms with Crippen molar-refractivity contribution in [3.05, 3.63) is 33.8 Å². The van der Waals surface area contributed by atoms with Crippen molar-refractivity contribution in [1.29, 1.82) is 0 Å². The van der Waals surface area contributed by atoms with Gasteiger partial charge < -0.3 is 5.11 Å². The lowest BCUT2D eigenvalue weighted by Gasteiger charge is -2.18. The Morgan fingerprint density at radius 2 is 1.77 bits per heavy atom. The molecule has 0 heterocycles. The zero-order valence-corrected chi connectivity index (χ0v) is 8.82. The van der Waals surface area contributed by atoms with Gasteiger partial charge in [-0.2, -0.15) is 0 Å². The lowest BCUT2D eigenvalue weighted by Crippen LogP contribution is -2.17. The Morgan fingerprint density at radius 1 is 1.23 bits per heavy atom. The molecule has 0 aliphatic heterocycles. The van der Waals surface area contributed by atoms with Crippen molar-refractivity contribution in [2.75, 3.05) is 0 Å². The van der Waals surface area contributed by atoms with Gasteiger partial charge in [0.15, 0.2) is 0 Å². The maximum absolute atomic E-state index is 13.2. The molecule has 0 aliphatic carbocycles. The zero-order chi connectivity index (χ0) is 10.2. The minimum absolute atomic E-state index is 0.0480. The molecule has 0 atom stereocenters. The second-order valence-corrected chi connectivity index (χ2v) is 4.16. The Balaban J connectivity index is 3.32. The Kier molecular flexibility index (Phi) is 2.73. The molecule has 1 nitrogen and oxygen atoms in total. The topological polar surface area (TPSA) is 20.2 Å². The van der Waals surface area contributed by atoms with Crippen LogP contribution in [0.5, 0.6) is 0 Å². The van der Waals surface area contributed by atoms with Crippen LogP contribution < -0.4 is 0 Å². The molecule has 0 amide bonds. The molecule has 0 aliphatic rings. The molecule has 0 spiro atoms. The number of benzene rings is 1. The normalized spacial score (nSPS) is 11.8. The second-order valence-electron chi connectivity index (χ2n) is 3.31. The van der Waals surface area contributed by atoms with Crippen LogP contribution in [0.25, 0.3) is 0 Å². The minimum Gasteiger partial charge on any atom is -0.386 e. The van der Waals surface area contributed by atoms with Gasteiger partial charge in [-0.1, -0.05) is 0 Å². The van der Waals surface area contributed by atoms with Crippen LogP contribution in [0.3, 0.4) is 0 Å². The summed E-state index contributed by atoms with van der Waals surface area (Å²) in [5.41, 5.74) is -1.42. The van der Waals surface area contributed by atoms with E-state index in [0.717, 1.165) is 12.1 Å². The van der Waals surface area contributed by atoms with Gasteiger partial charge in [0.05, 0.1) is 10.1 Å². The summed E-state index contributed by atoms with van der Waals surface area (Å²) in [5.74, 6) is -1.21. The van der Waals surface area contributed by atoms with Gasteiger partial charge in [0.25, 0.3) is 0 Å². The summed E-state index contributed by atoms with van der Waals surface area (Å²) in [6.07, 6.45) is 0. The average Bonchev–Trinajstić information content (AvgIpc) is 1.94. The van der Waals surface area contributed by atoms with Crippen LogP contribution in [0, 0.1) is 11.6 Å². The first-order chi connectivity index (χ1) is 5.82. The summed E-state index contributed by atoms with van der Waals surface area (Å²) < 4.78 is 26.2. The maximum atomic E-state index is 13.2. The lowest BCUT2D eigenvalue weighted by molar-refractivity contribution is 0.0741. The molecule has 1 N–H and O–H groups in total. The molecule has 0 unspecified atom stereocenters. The smallest absolute Gasteiger partial charge is 0.137 e. The summed E-state index contributed by atoms with van der Waals surface area (Å²) in [6.45, 7) is 2.80. The van der Waals surface area contributed by atoms with Gasteiger partial charge in [-0.3, -0.25) is 0 Å². The van der Waals surface area contributed by atoms with Gasteiger partial charge in [0.1, 0.15) is 11.6 Å². The fourth-order valence-electron chi connectivity index (χ4n) is 0.991. The predicted octanol–water partition coefficient (Wildman–Crippen LogP) is 2.95. The van der Waals surface area contributed by atoms with E-state index in [4.69, 9.17) is 0 Å². The first kappa shape index (κ1) is 10.6. The Labute approximate surface area is 83.5 Å². The Bertz CT molecular complexity index is 331. The molecular formula is C9H9BrF2O. The van der Waals surface area contributed by atoms with E-state index in [9.17, 15) is 13.9 Å². The van der Waals surface area contributed by atoms with Gasteiger partial charge in [0, 0.05) is 5.56 Å². The largest absolute Gasteiger partial charge is 0.386 e. The van der Waals surface area contributed by atoms with Gasteiger partial charge in [-0.05, 0) is 41.9 Å². The van der Waals surface area contributed by atoms with E-state index in [1.54, 1.807) is 0 Å². The highest BCUT2D eigenvalue weighted by Gasteiger charge is 2.22. The highest BCUT2D eigenvalue weighted by Crippen LogP contribution is 2.27. The summed E-state index contributed by atoms with van der Waals surface area (Å²) in [6, 6.07) is 1.99. The Hall–Kier alpha value is -0.480. The first-order valence-electron chi connectivity index (χ1n) is 3.70. The van der Waals surface area contributed by atoms with Crippen LogP contribution >= 0.6 is 15.9 Å². The van der Waals surface area contributed by atoms with Gasteiger partial charge in [-0.15, -0.1) is 0 Å². The van der Waals surface area contributed by atoms with E-state index in [2.05, 4.69) is 15.9 Å². The van der Waals surface area contributed by atoms with Gasteiger partial charge in [0.2, 0.25) is 0 Å². The van der Waals surface area contributed by atoms with Gasteiger partial charge in [-0.25, -0.2) is 8.78 Å². The van der Waals surface area contributed by atoms with Crippen molar-refractivity contribution < 1.29 is 13.9 Å². The third-order valence-electron chi connectivity index (χ3n) is 1.67. The van der Waals surface area contributed by atoms with Crippen molar-refractivity contribution >= 4 is 15.9 Å². The maximum Gasteiger partial charge on any atom is 0.137 e. The van der Waals surface area contributed by atoms with E-state index in [1.165, 1.54) is 13.8 Å². The lowest BCUT2D eigenvalue weighted by atomic mass is 9.98. The summed E-state index contributed by atoms with van der Waals surface area (Å²) in [5, 5.41) is 9.46. The molecule has 1 aromatic rings. The highest BCUT2D eigenvalue weighted by molar-refractivity contribution is 9.10.